The highest BCUT2D eigenvalue weighted by Crippen LogP contribution is 2.36. The van der Waals surface area contributed by atoms with E-state index in [1.807, 2.05) is 0 Å². The number of thioether (sulfide) groups is 1. The Morgan fingerprint density at radius 1 is 1.07 bits per heavy atom. The van der Waals surface area contributed by atoms with Crippen LogP contribution in [0.3, 0.4) is 0 Å². The largest absolute Gasteiger partial charge is 0.278 e. The number of nitrogens with zero attached hydrogens (tertiary/aromatic N) is 1. The number of fused-ring (bicyclic) bond motifs is 1. The van der Waals surface area contributed by atoms with Gasteiger partial charge in [-0.1, -0.05) is 46.0 Å². The third-order valence-electron chi connectivity index (χ3n) is 3.48. The highest BCUT2D eigenvalue weighted by atomic mass is 32.2. The molecule has 0 amide bonds. The molecule has 0 aromatic carbocycles. The fourth-order valence-corrected chi connectivity index (χ4v) is 3.94. The molecule has 2 unspecified atom stereocenters. The highest BCUT2D eigenvalue weighted by Gasteiger charge is 2.30. The Morgan fingerprint density at radius 3 is 2.47 bits per heavy atom. The lowest BCUT2D eigenvalue weighted by Crippen LogP contribution is -2.16. The Labute approximate surface area is 98.1 Å². The third kappa shape index (κ3) is 2.99. The summed E-state index contributed by atoms with van der Waals surface area (Å²) in [6, 6.07) is 0.658. The molecule has 1 fully saturated rings. The van der Waals surface area contributed by atoms with Crippen LogP contribution in [0.1, 0.15) is 58.8 Å². The summed E-state index contributed by atoms with van der Waals surface area (Å²) < 4.78 is 0. The monoisotopic (exact) mass is 225 g/mol. The van der Waals surface area contributed by atoms with Crippen molar-refractivity contribution in [1.29, 1.82) is 0 Å². The molecule has 0 bridgehead atoms. The van der Waals surface area contributed by atoms with E-state index in [-0.39, 0.29) is 0 Å². The summed E-state index contributed by atoms with van der Waals surface area (Å²) in [5, 5.41) is 2.24. The Bertz CT molecular complexity index is 235. The Morgan fingerprint density at radius 2 is 1.73 bits per heavy atom. The molecule has 0 radical (unpaired) electrons. The van der Waals surface area contributed by atoms with Crippen LogP contribution < -0.4 is 0 Å². The molecule has 0 aromatic heterocycles. The van der Waals surface area contributed by atoms with Gasteiger partial charge in [-0.2, -0.15) is 0 Å². The van der Waals surface area contributed by atoms with Crippen LogP contribution in [0.4, 0.5) is 0 Å². The number of hydrogen-bond donors (Lipinski definition) is 0. The van der Waals surface area contributed by atoms with Crippen LogP contribution in [-0.2, 0) is 0 Å². The summed E-state index contributed by atoms with van der Waals surface area (Å²) in [7, 11) is 0. The number of hydrogen-bond acceptors (Lipinski definition) is 2. The second kappa shape index (κ2) is 5.38. The van der Waals surface area contributed by atoms with Crippen LogP contribution in [0.25, 0.3) is 0 Å². The minimum Gasteiger partial charge on any atom is -0.278 e. The van der Waals surface area contributed by atoms with Gasteiger partial charge < -0.3 is 0 Å². The molecule has 0 aromatic rings. The zero-order chi connectivity index (χ0) is 10.7. The molecule has 1 aliphatic heterocycles. The summed E-state index contributed by atoms with van der Waals surface area (Å²) in [6.45, 7) is 4.55. The van der Waals surface area contributed by atoms with E-state index in [1.54, 1.807) is 0 Å². The first-order valence-electron chi connectivity index (χ1n) is 6.51. The van der Waals surface area contributed by atoms with Gasteiger partial charge in [0, 0.05) is 11.2 Å². The first-order valence-corrected chi connectivity index (χ1v) is 7.39. The molecule has 0 saturated heterocycles. The molecule has 2 heteroatoms. The van der Waals surface area contributed by atoms with Crippen molar-refractivity contribution in [1.82, 2.24) is 0 Å². The fourth-order valence-electron chi connectivity index (χ4n) is 2.53. The normalized spacial score (nSPS) is 32.9. The van der Waals surface area contributed by atoms with Gasteiger partial charge in [0.15, 0.2) is 0 Å². The van der Waals surface area contributed by atoms with Crippen LogP contribution >= 0.6 is 11.8 Å². The minimum atomic E-state index is 0.644. The van der Waals surface area contributed by atoms with Crippen molar-refractivity contribution in [3.63, 3.8) is 0 Å². The van der Waals surface area contributed by atoms with Crippen LogP contribution in [-0.4, -0.2) is 16.3 Å². The lowest BCUT2D eigenvalue weighted by molar-refractivity contribution is 0.555. The van der Waals surface area contributed by atoms with Gasteiger partial charge in [-0.15, -0.1) is 11.8 Å². The van der Waals surface area contributed by atoms with Gasteiger partial charge in [-0.25, -0.2) is 0 Å². The average Bonchev–Trinajstić information content (AvgIpc) is 2.61. The lowest BCUT2D eigenvalue weighted by atomic mass is 10.1. The van der Waals surface area contributed by atoms with Gasteiger partial charge in [0.25, 0.3) is 0 Å². The maximum atomic E-state index is 4.93. The van der Waals surface area contributed by atoms with Gasteiger partial charge >= 0.3 is 0 Å². The summed E-state index contributed by atoms with van der Waals surface area (Å²) in [5.74, 6) is 0.644. The molecule has 2 atom stereocenters. The third-order valence-corrected chi connectivity index (χ3v) is 5.15. The highest BCUT2D eigenvalue weighted by molar-refractivity contribution is 8.14. The molecule has 0 spiro atoms. The summed E-state index contributed by atoms with van der Waals surface area (Å²) >= 11 is 2.08. The smallest absolute Gasteiger partial charge is 0.0708 e. The molecule has 2 rings (SSSR count). The zero-order valence-corrected chi connectivity index (χ0v) is 10.9. The second-order valence-corrected chi connectivity index (χ2v) is 6.45. The average molecular weight is 225 g/mol. The Balaban J connectivity index is 1.98. The van der Waals surface area contributed by atoms with E-state index >= 15 is 0 Å². The van der Waals surface area contributed by atoms with Crippen LogP contribution in [0.15, 0.2) is 4.99 Å². The van der Waals surface area contributed by atoms with E-state index in [9.17, 15) is 0 Å². The van der Waals surface area contributed by atoms with Crippen molar-refractivity contribution < 1.29 is 0 Å². The van der Waals surface area contributed by atoms with Crippen molar-refractivity contribution in [2.45, 2.75) is 70.1 Å². The van der Waals surface area contributed by atoms with Crippen molar-refractivity contribution in [2.75, 3.05) is 0 Å². The van der Waals surface area contributed by atoms with Gasteiger partial charge in [0.2, 0.25) is 0 Å². The Hall–Kier alpha value is 0.0200. The molecule has 1 saturated carbocycles. The van der Waals surface area contributed by atoms with E-state index in [4.69, 9.17) is 4.99 Å². The van der Waals surface area contributed by atoms with Crippen LogP contribution in [0.5, 0.6) is 0 Å². The topological polar surface area (TPSA) is 12.4 Å². The predicted octanol–water partition coefficient (Wildman–Crippen LogP) is 4.27. The molecule has 1 nitrogen and oxygen atoms in total. The second-order valence-electron chi connectivity index (χ2n) is 5.19. The van der Waals surface area contributed by atoms with Crippen molar-refractivity contribution in [2.24, 2.45) is 10.9 Å². The standard InChI is InChI=1S/C13H23NS/c1-10(2)13-14-11-8-6-4-3-5-7-9-12(11)15-13/h10-12H,3-9H2,1-2H3. The maximum Gasteiger partial charge on any atom is 0.0708 e. The quantitative estimate of drug-likeness (QED) is 0.649. The molecule has 0 N–H and O–H groups in total. The maximum absolute atomic E-state index is 4.93. The molecule has 86 valence electrons. The molecule has 2 aliphatic rings. The first kappa shape index (κ1) is 11.5. The molecule has 1 aliphatic carbocycles. The molecule has 15 heavy (non-hydrogen) atoms. The van der Waals surface area contributed by atoms with Gasteiger partial charge in [-0.3, -0.25) is 4.99 Å². The number of aliphatic imine (C=N–C) groups is 1. The molecular weight excluding hydrogens is 202 g/mol. The minimum absolute atomic E-state index is 0.644. The fraction of sp³-hybridized carbons (Fsp3) is 0.923. The van der Waals surface area contributed by atoms with E-state index in [0.717, 1.165) is 5.25 Å². The first-order chi connectivity index (χ1) is 7.27. The van der Waals surface area contributed by atoms with Crippen LogP contribution in [0, 0.1) is 5.92 Å². The van der Waals surface area contributed by atoms with Gasteiger partial charge in [-0.05, 0) is 12.8 Å². The predicted molar refractivity (Wildman–Crippen MR) is 69.8 cm³/mol. The van der Waals surface area contributed by atoms with Gasteiger partial charge in [0.05, 0.1) is 11.1 Å². The van der Waals surface area contributed by atoms with E-state index in [1.165, 1.54) is 50.0 Å². The summed E-state index contributed by atoms with van der Waals surface area (Å²) in [4.78, 5) is 4.93. The zero-order valence-electron chi connectivity index (χ0n) is 10.0. The van der Waals surface area contributed by atoms with E-state index in [2.05, 4.69) is 25.6 Å². The van der Waals surface area contributed by atoms with E-state index < -0.39 is 0 Å². The summed E-state index contributed by atoms with van der Waals surface area (Å²) in [6.07, 6.45) is 9.89. The lowest BCUT2D eigenvalue weighted by Gasteiger charge is -2.15. The van der Waals surface area contributed by atoms with Crippen LogP contribution in [0.2, 0.25) is 0 Å². The molecular formula is C13H23NS. The Kier molecular flexibility index (Phi) is 4.13. The van der Waals surface area contributed by atoms with Crippen molar-refractivity contribution in [3.05, 3.63) is 0 Å². The summed E-state index contributed by atoms with van der Waals surface area (Å²) in [5.41, 5.74) is 0. The SMILES string of the molecule is CC(C)C1=NC2CCCCCCCC2S1. The van der Waals surface area contributed by atoms with Crippen molar-refractivity contribution >= 4 is 16.8 Å². The molecule has 1 heterocycles. The van der Waals surface area contributed by atoms with Gasteiger partial charge in [0.1, 0.15) is 0 Å². The number of rotatable bonds is 1. The van der Waals surface area contributed by atoms with Crippen molar-refractivity contribution in [3.8, 4) is 0 Å². The van der Waals surface area contributed by atoms with E-state index in [0.29, 0.717) is 12.0 Å².